The average molecular weight is 229 g/mol. The van der Waals surface area contributed by atoms with Crippen LogP contribution in [0.15, 0.2) is 36.7 Å². The second kappa shape index (κ2) is 4.90. The Morgan fingerprint density at radius 3 is 2.76 bits per heavy atom. The van der Waals surface area contributed by atoms with Crippen molar-refractivity contribution < 1.29 is 0 Å². The van der Waals surface area contributed by atoms with Gasteiger partial charge in [0.05, 0.1) is 11.7 Å². The molecule has 2 heterocycles. The summed E-state index contributed by atoms with van der Waals surface area (Å²) in [7, 11) is 0. The minimum Gasteiger partial charge on any atom is -0.398 e. The van der Waals surface area contributed by atoms with E-state index >= 15 is 0 Å². The van der Waals surface area contributed by atoms with Crippen LogP contribution in [-0.2, 0) is 0 Å². The van der Waals surface area contributed by atoms with Crippen LogP contribution >= 0.6 is 0 Å². The molecule has 0 saturated heterocycles. The lowest BCUT2D eigenvalue weighted by molar-refractivity contribution is 0.619. The van der Waals surface area contributed by atoms with Crippen LogP contribution in [-0.4, -0.2) is 9.97 Å². The number of aryl methyl sites for hydroxylation is 1. The van der Waals surface area contributed by atoms with Gasteiger partial charge in [0.2, 0.25) is 0 Å². The molecule has 1 unspecified atom stereocenters. The zero-order valence-electron chi connectivity index (χ0n) is 9.59. The summed E-state index contributed by atoms with van der Waals surface area (Å²) in [5.41, 5.74) is 11.9. The monoisotopic (exact) mass is 229 g/mol. The zero-order chi connectivity index (χ0) is 12.3. The summed E-state index contributed by atoms with van der Waals surface area (Å²) in [5.74, 6) is 5.58. The number of rotatable bonds is 3. The number of nitrogens with two attached hydrogens (primary N) is 2. The number of hydrogen-bond donors (Lipinski definition) is 3. The molecular weight excluding hydrogens is 214 g/mol. The van der Waals surface area contributed by atoms with Crippen molar-refractivity contribution in [2.24, 2.45) is 5.84 Å². The maximum atomic E-state index is 5.91. The zero-order valence-corrected chi connectivity index (χ0v) is 9.59. The molecule has 5 nitrogen and oxygen atoms in total. The summed E-state index contributed by atoms with van der Waals surface area (Å²) in [6.45, 7) is 1.93. The largest absolute Gasteiger partial charge is 0.398 e. The quantitative estimate of drug-likeness (QED) is 0.538. The third kappa shape index (κ3) is 2.41. The van der Waals surface area contributed by atoms with Gasteiger partial charge in [-0.15, -0.1) is 0 Å². The molecule has 0 spiro atoms. The molecule has 5 heteroatoms. The van der Waals surface area contributed by atoms with Gasteiger partial charge in [0.15, 0.2) is 0 Å². The number of nitrogen functional groups attached to an aromatic ring is 1. The van der Waals surface area contributed by atoms with Crippen molar-refractivity contribution in [3.8, 4) is 0 Å². The molecule has 0 fully saturated rings. The third-order valence-electron chi connectivity index (χ3n) is 2.57. The number of anilines is 1. The van der Waals surface area contributed by atoms with Crippen LogP contribution in [0.3, 0.4) is 0 Å². The lowest BCUT2D eigenvalue weighted by Gasteiger charge is -2.17. The van der Waals surface area contributed by atoms with E-state index in [1.807, 2.05) is 25.1 Å². The summed E-state index contributed by atoms with van der Waals surface area (Å²) in [6, 6.07) is 7.28. The predicted octanol–water partition coefficient (Wildman–Crippen LogP) is 0.920. The minimum atomic E-state index is -0.247. The predicted molar refractivity (Wildman–Crippen MR) is 66.8 cm³/mol. The molecule has 2 aromatic rings. The fourth-order valence-corrected chi connectivity index (χ4v) is 1.72. The molecule has 0 radical (unpaired) electrons. The van der Waals surface area contributed by atoms with E-state index in [4.69, 9.17) is 11.6 Å². The lowest BCUT2D eigenvalue weighted by Crippen LogP contribution is -2.30. The average Bonchev–Trinajstić information content (AvgIpc) is 2.33. The van der Waals surface area contributed by atoms with Crippen LogP contribution in [0, 0.1) is 6.92 Å². The van der Waals surface area contributed by atoms with E-state index in [0.717, 1.165) is 17.0 Å². The van der Waals surface area contributed by atoms with Gasteiger partial charge < -0.3 is 5.73 Å². The molecule has 88 valence electrons. The number of hydrogen-bond acceptors (Lipinski definition) is 5. The van der Waals surface area contributed by atoms with E-state index in [2.05, 4.69) is 15.4 Å². The van der Waals surface area contributed by atoms with Crippen LogP contribution in [0.1, 0.15) is 23.0 Å². The highest BCUT2D eigenvalue weighted by Crippen LogP contribution is 2.23. The van der Waals surface area contributed by atoms with Gasteiger partial charge in [-0.1, -0.05) is 6.07 Å². The van der Waals surface area contributed by atoms with Crippen molar-refractivity contribution in [1.82, 2.24) is 15.4 Å². The molecule has 0 aliphatic carbocycles. The fraction of sp³-hybridized carbons (Fsp3) is 0.167. The molecule has 2 rings (SSSR count). The molecule has 17 heavy (non-hydrogen) atoms. The Balaban J connectivity index is 2.44. The summed E-state index contributed by atoms with van der Waals surface area (Å²) >= 11 is 0. The number of hydrazine groups is 1. The third-order valence-corrected chi connectivity index (χ3v) is 2.57. The number of aromatic nitrogens is 2. The Labute approximate surface area is 99.9 Å². The lowest BCUT2D eigenvalue weighted by atomic mass is 10.0. The Kier molecular flexibility index (Phi) is 3.32. The second-order valence-corrected chi connectivity index (χ2v) is 3.81. The van der Waals surface area contributed by atoms with Crippen molar-refractivity contribution in [2.45, 2.75) is 13.0 Å². The van der Waals surface area contributed by atoms with Gasteiger partial charge in [0, 0.05) is 29.3 Å². The van der Waals surface area contributed by atoms with E-state index in [9.17, 15) is 0 Å². The summed E-state index contributed by atoms with van der Waals surface area (Å²) in [4.78, 5) is 8.49. The standard InChI is InChI=1S/C12H15N5/c1-8-3-2-4-11(16-8)12(17-14)9-7-15-6-5-10(9)13/h2-7,12,17H,14H2,1H3,(H2,13,15). The Hall–Kier alpha value is -1.98. The molecule has 0 bridgehead atoms. The molecule has 5 N–H and O–H groups in total. The van der Waals surface area contributed by atoms with Gasteiger partial charge >= 0.3 is 0 Å². The normalized spacial score (nSPS) is 12.4. The maximum Gasteiger partial charge on any atom is 0.0916 e. The number of pyridine rings is 2. The first-order chi connectivity index (χ1) is 8.22. The molecule has 0 saturated carbocycles. The van der Waals surface area contributed by atoms with Gasteiger partial charge in [0.1, 0.15) is 0 Å². The van der Waals surface area contributed by atoms with Crippen LogP contribution in [0.5, 0.6) is 0 Å². The maximum absolute atomic E-state index is 5.91. The van der Waals surface area contributed by atoms with Crippen molar-refractivity contribution in [3.05, 3.63) is 53.6 Å². The van der Waals surface area contributed by atoms with Crippen molar-refractivity contribution in [2.75, 3.05) is 5.73 Å². The number of nitrogens with one attached hydrogen (secondary N) is 1. The van der Waals surface area contributed by atoms with E-state index in [-0.39, 0.29) is 6.04 Å². The SMILES string of the molecule is Cc1cccc(C(NN)c2cnccc2N)n1. The molecule has 1 atom stereocenters. The van der Waals surface area contributed by atoms with Gasteiger partial charge in [-0.25, -0.2) is 5.43 Å². The van der Waals surface area contributed by atoms with E-state index in [1.54, 1.807) is 18.5 Å². The Morgan fingerprint density at radius 1 is 1.29 bits per heavy atom. The molecular formula is C12H15N5. The second-order valence-electron chi connectivity index (χ2n) is 3.81. The van der Waals surface area contributed by atoms with E-state index < -0.39 is 0 Å². The van der Waals surface area contributed by atoms with Crippen LogP contribution in [0.4, 0.5) is 5.69 Å². The molecule has 0 aromatic carbocycles. The first kappa shape index (κ1) is 11.5. The molecule has 2 aromatic heterocycles. The molecule has 0 aliphatic rings. The van der Waals surface area contributed by atoms with Crippen molar-refractivity contribution in [1.29, 1.82) is 0 Å². The van der Waals surface area contributed by atoms with Gasteiger partial charge in [0.25, 0.3) is 0 Å². The van der Waals surface area contributed by atoms with Crippen molar-refractivity contribution >= 4 is 5.69 Å². The number of nitrogens with zero attached hydrogens (tertiary/aromatic N) is 2. The first-order valence-electron chi connectivity index (χ1n) is 5.31. The summed E-state index contributed by atoms with van der Waals surface area (Å²) in [6.07, 6.45) is 3.35. The first-order valence-corrected chi connectivity index (χ1v) is 5.31. The highest BCUT2D eigenvalue weighted by Gasteiger charge is 2.16. The van der Waals surface area contributed by atoms with Crippen molar-refractivity contribution in [3.63, 3.8) is 0 Å². The molecule has 0 amide bonds. The minimum absolute atomic E-state index is 0.247. The van der Waals surface area contributed by atoms with Crippen LogP contribution in [0.2, 0.25) is 0 Å². The van der Waals surface area contributed by atoms with Gasteiger partial charge in [-0.05, 0) is 25.1 Å². The van der Waals surface area contributed by atoms with E-state index in [1.165, 1.54) is 0 Å². The Bertz CT molecular complexity index is 512. The highest BCUT2D eigenvalue weighted by atomic mass is 15.2. The fourth-order valence-electron chi connectivity index (χ4n) is 1.72. The van der Waals surface area contributed by atoms with Gasteiger partial charge in [-0.3, -0.25) is 15.8 Å². The van der Waals surface area contributed by atoms with Crippen LogP contribution < -0.4 is 17.0 Å². The smallest absolute Gasteiger partial charge is 0.0916 e. The van der Waals surface area contributed by atoms with E-state index in [0.29, 0.717) is 5.69 Å². The summed E-state index contributed by atoms with van der Waals surface area (Å²) in [5, 5.41) is 0. The van der Waals surface area contributed by atoms with Crippen LogP contribution in [0.25, 0.3) is 0 Å². The highest BCUT2D eigenvalue weighted by molar-refractivity contribution is 5.48. The summed E-state index contributed by atoms with van der Waals surface area (Å²) < 4.78 is 0. The molecule has 0 aliphatic heterocycles. The van der Waals surface area contributed by atoms with Gasteiger partial charge in [-0.2, -0.15) is 0 Å². The topological polar surface area (TPSA) is 89.8 Å². The Morgan fingerprint density at radius 2 is 2.12 bits per heavy atom.